The first-order valence-electron chi connectivity index (χ1n) is 3.95. The number of allylic oxidation sites excluding steroid dienone is 2. The van der Waals surface area contributed by atoms with E-state index in [-0.39, 0.29) is 5.78 Å². The van der Waals surface area contributed by atoms with Gasteiger partial charge in [-0.3, -0.25) is 4.79 Å². The van der Waals surface area contributed by atoms with Crippen molar-refractivity contribution in [2.24, 2.45) is 0 Å². The second-order valence-electron chi connectivity index (χ2n) is 2.51. The van der Waals surface area contributed by atoms with E-state index in [1.165, 1.54) is 0 Å². The van der Waals surface area contributed by atoms with Crippen LogP contribution < -0.4 is 0 Å². The van der Waals surface area contributed by atoms with Gasteiger partial charge < -0.3 is 0 Å². The topological polar surface area (TPSA) is 17.1 Å². The molecule has 0 aliphatic rings. The summed E-state index contributed by atoms with van der Waals surface area (Å²) in [5.74, 6) is 1.29. The lowest BCUT2D eigenvalue weighted by atomic mass is 10.3. The van der Waals surface area contributed by atoms with E-state index in [0.29, 0.717) is 5.25 Å². The summed E-state index contributed by atoms with van der Waals surface area (Å²) in [6.07, 6.45) is 4.60. The summed E-state index contributed by atoms with van der Waals surface area (Å²) in [6, 6.07) is 0. The Morgan fingerprint density at radius 1 is 1.64 bits per heavy atom. The Balaban J connectivity index is 3.44. The van der Waals surface area contributed by atoms with Gasteiger partial charge in [0.05, 0.1) is 0 Å². The molecule has 0 radical (unpaired) electrons. The number of carbonyl (C=O) groups is 1. The molecule has 0 amide bonds. The number of thioether (sulfide) groups is 1. The number of carbonyl (C=O) groups excluding carboxylic acids is 1. The Hall–Kier alpha value is -0.240. The molecule has 0 aromatic rings. The van der Waals surface area contributed by atoms with Crippen LogP contribution in [-0.2, 0) is 4.79 Å². The van der Waals surface area contributed by atoms with Crippen molar-refractivity contribution in [2.75, 3.05) is 5.75 Å². The van der Waals surface area contributed by atoms with Crippen molar-refractivity contribution >= 4 is 17.5 Å². The van der Waals surface area contributed by atoms with Gasteiger partial charge in [0.2, 0.25) is 0 Å². The maximum absolute atomic E-state index is 10.5. The number of rotatable bonds is 5. The van der Waals surface area contributed by atoms with Gasteiger partial charge in [-0.05, 0) is 25.2 Å². The monoisotopic (exact) mass is 172 g/mol. The van der Waals surface area contributed by atoms with Crippen LogP contribution in [0, 0.1) is 0 Å². The van der Waals surface area contributed by atoms with E-state index >= 15 is 0 Å². The van der Waals surface area contributed by atoms with Crippen LogP contribution >= 0.6 is 11.8 Å². The van der Waals surface area contributed by atoms with E-state index in [2.05, 4.69) is 13.8 Å². The van der Waals surface area contributed by atoms with Gasteiger partial charge in [-0.2, -0.15) is 11.8 Å². The molecule has 0 aliphatic heterocycles. The Bertz CT molecular complexity index is 140. The number of hydrogen-bond acceptors (Lipinski definition) is 2. The average Bonchev–Trinajstić information content (AvgIpc) is 1.87. The molecule has 0 aromatic heterocycles. The SMILES string of the molecule is CCS[C@H](C)C/C=C/C(C)=O. The first-order valence-corrected chi connectivity index (χ1v) is 5.00. The first-order chi connectivity index (χ1) is 5.16. The molecule has 0 saturated heterocycles. The van der Waals surface area contributed by atoms with Gasteiger partial charge in [0.25, 0.3) is 0 Å². The summed E-state index contributed by atoms with van der Waals surface area (Å²) in [6.45, 7) is 5.91. The zero-order valence-electron chi connectivity index (χ0n) is 7.46. The molecule has 0 aromatic carbocycles. The van der Waals surface area contributed by atoms with Crippen LogP contribution in [-0.4, -0.2) is 16.8 Å². The highest BCUT2D eigenvalue weighted by Gasteiger charge is 1.96. The molecule has 0 heterocycles. The molecule has 1 nitrogen and oxygen atoms in total. The van der Waals surface area contributed by atoms with E-state index < -0.39 is 0 Å². The third kappa shape index (κ3) is 7.66. The highest BCUT2D eigenvalue weighted by molar-refractivity contribution is 7.99. The molecule has 0 unspecified atom stereocenters. The van der Waals surface area contributed by atoms with Crippen LogP contribution in [0.5, 0.6) is 0 Å². The summed E-state index contributed by atoms with van der Waals surface area (Å²) >= 11 is 1.92. The van der Waals surface area contributed by atoms with Gasteiger partial charge in [0.15, 0.2) is 5.78 Å². The van der Waals surface area contributed by atoms with Gasteiger partial charge in [-0.15, -0.1) is 0 Å². The molecule has 64 valence electrons. The smallest absolute Gasteiger partial charge is 0.152 e. The highest BCUT2D eigenvalue weighted by atomic mass is 32.2. The Labute approximate surface area is 73.3 Å². The van der Waals surface area contributed by atoms with E-state index in [0.717, 1.165) is 12.2 Å². The van der Waals surface area contributed by atoms with Gasteiger partial charge >= 0.3 is 0 Å². The number of ketones is 1. The minimum atomic E-state index is 0.138. The van der Waals surface area contributed by atoms with E-state index in [4.69, 9.17) is 0 Å². The second kappa shape index (κ2) is 6.47. The first kappa shape index (κ1) is 10.8. The predicted octanol–water partition coefficient (Wildman–Crippen LogP) is 2.66. The van der Waals surface area contributed by atoms with Crippen molar-refractivity contribution in [3.63, 3.8) is 0 Å². The van der Waals surface area contributed by atoms with Crippen LogP contribution in [0.25, 0.3) is 0 Å². The fourth-order valence-corrected chi connectivity index (χ4v) is 1.59. The summed E-state index contributed by atoms with van der Waals surface area (Å²) in [7, 11) is 0. The largest absolute Gasteiger partial charge is 0.295 e. The minimum absolute atomic E-state index is 0.138. The zero-order chi connectivity index (χ0) is 8.69. The lowest BCUT2D eigenvalue weighted by Gasteiger charge is -2.04. The van der Waals surface area contributed by atoms with Crippen molar-refractivity contribution in [1.82, 2.24) is 0 Å². The fraction of sp³-hybridized carbons (Fsp3) is 0.667. The summed E-state index contributed by atoms with van der Waals surface area (Å²) in [5, 5.41) is 0.635. The molecule has 0 spiro atoms. The van der Waals surface area contributed by atoms with Crippen LogP contribution in [0.1, 0.15) is 27.2 Å². The number of hydrogen-bond donors (Lipinski definition) is 0. The molecule has 11 heavy (non-hydrogen) atoms. The fourth-order valence-electron chi connectivity index (χ4n) is 0.778. The van der Waals surface area contributed by atoms with Crippen molar-refractivity contribution in [2.45, 2.75) is 32.4 Å². The molecule has 1 atom stereocenters. The van der Waals surface area contributed by atoms with Crippen molar-refractivity contribution in [3.05, 3.63) is 12.2 Å². The Morgan fingerprint density at radius 2 is 2.27 bits per heavy atom. The quantitative estimate of drug-likeness (QED) is 0.593. The van der Waals surface area contributed by atoms with E-state index in [1.807, 2.05) is 17.8 Å². The van der Waals surface area contributed by atoms with Crippen molar-refractivity contribution < 1.29 is 4.79 Å². The lowest BCUT2D eigenvalue weighted by molar-refractivity contribution is -0.112. The van der Waals surface area contributed by atoms with Gasteiger partial charge in [-0.1, -0.05) is 19.9 Å². The molecule has 0 aliphatic carbocycles. The zero-order valence-corrected chi connectivity index (χ0v) is 8.28. The third-order valence-electron chi connectivity index (χ3n) is 1.27. The normalized spacial score (nSPS) is 13.7. The van der Waals surface area contributed by atoms with E-state index in [1.54, 1.807) is 13.0 Å². The third-order valence-corrected chi connectivity index (χ3v) is 2.37. The van der Waals surface area contributed by atoms with Gasteiger partial charge in [0.1, 0.15) is 0 Å². The maximum atomic E-state index is 10.5. The van der Waals surface area contributed by atoms with Crippen molar-refractivity contribution in [1.29, 1.82) is 0 Å². The molecule has 0 N–H and O–H groups in total. The van der Waals surface area contributed by atoms with E-state index in [9.17, 15) is 4.79 Å². The highest BCUT2D eigenvalue weighted by Crippen LogP contribution is 2.13. The molecule has 0 fully saturated rings. The Morgan fingerprint density at radius 3 is 2.73 bits per heavy atom. The van der Waals surface area contributed by atoms with Crippen LogP contribution in [0.2, 0.25) is 0 Å². The second-order valence-corrected chi connectivity index (χ2v) is 4.23. The molecular formula is C9H16OS. The molecule has 0 rings (SSSR count). The molecule has 0 saturated carbocycles. The molecule has 2 heteroatoms. The lowest BCUT2D eigenvalue weighted by Crippen LogP contribution is -1.94. The summed E-state index contributed by atoms with van der Waals surface area (Å²) < 4.78 is 0. The average molecular weight is 172 g/mol. The molecule has 0 bridgehead atoms. The standard InChI is InChI=1S/C9H16OS/c1-4-11-9(3)7-5-6-8(2)10/h5-6,9H,4,7H2,1-3H3/b6-5+/t9-/m1/s1. The van der Waals surface area contributed by atoms with Crippen LogP contribution in [0.3, 0.4) is 0 Å². The van der Waals surface area contributed by atoms with Gasteiger partial charge in [-0.25, -0.2) is 0 Å². The molecular weight excluding hydrogens is 156 g/mol. The summed E-state index contributed by atoms with van der Waals surface area (Å²) in [4.78, 5) is 10.5. The van der Waals surface area contributed by atoms with Crippen LogP contribution in [0.15, 0.2) is 12.2 Å². The van der Waals surface area contributed by atoms with Gasteiger partial charge in [0, 0.05) is 5.25 Å². The summed E-state index contributed by atoms with van der Waals surface area (Å²) in [5.41, 5.74) is 0. The predicted molar refractivity (Wildman–Crippen MR) is 52.0 cm³/mol. The van der Waals surface area contributed by atoms with Crippen molar-refractivity contribution in [3.8, 4) is 0 Å². The Kier molecular flexibility index (Phi) is 6.33. The minimum Gasteiger partial charge on any atom is -0.295 e. The van der Waals surface area contributed by atoms with Crippen LogP contribution in [0.4, 0.5) is 0 Å². The maximum Gasteiger partial charge on any atom is 0.152 e.